The zero-order valence-corrected chi connectivity index (χ0v) is 8.67. The smallest absolute Gasteiger partial charge is 0.442 e. The zero-order chi connectivity index (χ0) is 11.0. The molecule has 1 atom stereocenters. The third-order valence-corrected chi connectivity index (χ3v) is 2.97. The van der Waals surface area contributed by atoms with Gasteiger partial charge in [-0.15, -0.1) is 0 Å². The fourth-order valence-corrected chi connectivity index (χ4v) is 2.36. The van der Waals surface area contributed by atoms with Crippen molar-refractivity contribution in [2.24, 2.45) is 0 Å². The van der Waals surface area contributed by atoms with Crippen molar-refractivity contribution in [1.29, 1.82) is 0 Å². The van der Waals surface area contributed by atoms with Gasteiger partial charge in [-0.05, 0) is 43.7 Å². The summed E-state index contributed by atoms with van der Waals surface area (Å²) in [7, 11) is 0. The van der Waals surface area contributed by atoms with Crippen molar-refractivity contribution in [1.82, 2.24) is 0 Å². The highest BCUT2D eigenvalue weighted by molar-refractivity contribution is 8.01. The number of aliphatic hydroxyl groups excluding tert-OH is 1. The van der Waals surface area contributed by atoms with Crippen LogP contribution in [-0.4, -0.2) is 15.4 Å². The number of thioether (sulfide) groups is 1. The van der Waals surface area contributed by atoms with E-state index in [0.29, 0.717) is 5.57 Å². The van der Waals surface area contributed by atoms with Gasteiger partial charge in [-0.25, -0.2) is 0 Å². The SMILES string of the molecule is CC1=C(O)C=C[C@](C)(SC(F)(F)F)C1. The average Bonchev–Trinajstić information content (AvgIpc) is 1.94. The van der Waals surface area contributed by atoms with E-state index in [1.54, 1.807) is 6.92 Å². The number of rotatable bonds is 1. The van der Waals surface area contributed by atoms with Gasteiger partial charge in [-0.1, -0.05) is 6.08 Å². The first kappa shape index (κ1) is 11.5. The minimum Gasteiger partial charge on any atom is -0.508 e. The van der Waals surface area contributed by atoms with Crippen LogP contribution in [0.5, 0.6) is 0 Å². The topological polar surface area (TPSA) is 20.2 Å². The van der Waals surface area contributed by atoms with E-state index >= 15 is 0 Å². The normalized spacial score (nSPS) is 28.4. The van der Waals surface area contributed by atoms with Crippen molar-refractivity contribution >= 4 is 11.8 Å². The molecule has 5 heteroatoms. The predicted octanol–water partition coefficient (Wildman–Crippen LogP) is 3.79. The maximum absolute atomic E-state index is 12.2. The molecule has 0 aromatic heterocycles. The summed E-state index contributed by atoms with van der Waals surface area (Å²) in [5, 5.41) is 9.21. The van der Waals surface area contributed by atoms with Gasteiger partial charge in [0.25, 0.3) is 0 Å². The Morgan fingerprint density at radius 3 is 2.50 bits per heavy atom. The van der Waals surface area contributed by atoms with Crippen LogP contribution in [0.2, 0.25) is 0 Å². The zero-order valence-electron chi connectivity index (χ0n) is 7.85. The first-order valence-corrected chi connectivity index (χ1v) is 4.88. The second-order valence-corrected chi connectivity index (χ2v) is 5.14. The fourth-order valence-electron chi connectivity index (χ4n) is 1.41. The Kier molecular flexibility index (Phi) is 2.90. The van der Waals surface area contributed by atoms with Gasteiger partial charge in [-0.3, -0.25) is 0 Å². The van der Waals surface area contributed by atoms with E-state index in [9.17, 15) is 18.3 Å². The fraction of sp³-hybridized carbons (Fsp3) is 0.556. The van der Waals surface area contributed by atoms with Crippen molar-refractivity contribution < 1.29 is 18.3 Å². The van der Waals surface area contributed by atoms with E-state index < -0.39 is 10.3 Å². The molecule has 0 saturated heterocycles. The monoisotopic (exact) mass is 224 g/mol. The third kappa shape index (κ3) is 2.97. The lowest BCUT2D eigenvalue weighted by molar-refractivity contribution is -0.0338. The third-order valence-electron chi connectivity index (χ3n) is 2.00. The Bertz CT molecular complexity index is 293. The Morgan fingerprint density at radius 1 is 1.50 bits per heavy atom. The van der Waals surface area contributed by atoms with Crippen LogP contribution in [0.25, 0.3) is 0 Å². The second kappa shape index (κ2) is 3.53. The number of hydrogen-bond donors (Lipinski definition) is 1. The molecular formula is C9H11F3OS. The van der Waals surface area contributed by atoms with E-state index in [1.165, 1.54) is 19.1 Å². The van der Waals surface area contributed by atoms with Crippen molar-refractivity contribution in [2.75, 3.05) is 0 Å². The van der Waals surface area contributed by atoms with Crippen LogP contribution in [-0.2, 0) is 0 Å². The molecule has 0 aromatic carbocycles. The molecule has 80 valence electrons. The van der Waals surface area contributed by atoms with E-state index in [0.717, 1.165) is 0 Å². The Balaban J connectivity index is 2.77. The Labute approximate surface area is 84.7 Å². The van der Waals surface area contributed by atoms with Crippen LogP contribution in [0.15, 0.2) is 23.5 Å². The van der Waals surface area contributed by atoms with Crippen LogP contribution in [0.1, 0.15) is 20.3 Å². The van der Waals surface area contributed by atoms with Crippen molar-refractivity contribution in [3.63, 3.8) is 0 Å². The molecule has 0 unspecified atom stereocenters. The predicted molar refractivity (Wildman–Crippen MR) is 51.1 cm³/mol. The molecule has 1 aliphatic carbocycles. The lowest BCUT2D eigenvalue weighted by Gasteiger charge is -2.29. The summed E-state index contributed by atoms with van der Waals surface area (Å²) >= 11 is -0.0463. The molecule has 0 amide bonds. The van der Waals surface area contributed by atoms with E-state index in [4.69, 9.17) is 0 Å². The standard InChI is InChI=1S/C9H11F3OS/c1-6-5-8(2,4-3-7(6)13)14-9(10,11)12/h3-4,13H,5H2,1-2H3/t8-/m0/s1. The molecule has 0 aliphatic heterocycles. The van der Waals surface area contributed by atoms with Gasteiger partial charge >= 0.3 is 5.51 Å². The lowest BCUT2D eigenvalue weighted by Crippen LogP contribution is -2.25. The Morgan fingerprint density at radius 2 is 2.07 bits per heavy atom. The highest BCUT2D eigenvalue weighted by Gasteiger charge is 2.40. The number of hydrogen-bond acceptors (Lipinski definition) is 2. The maximum Gasteiger partial charge on any atom is 0.442 e. The van der Waals surface area contributed by atoms with Crippen molar-refractivity contribution in [3.8, 4) is 0 Å². The van der Waals surface area contributed by atoms with E-state index in [-0.39, 0.29) is 23.9 Å². The van der Waals surface area contributed by atoms with Gasteiger partial charge in [0.15, 0.2) is 0 Å². The molecule has 1 nitrogen and oxygen atoms in total. The molecule has 1 N–H and O–H groups in total. The summed E-state index contributed by atoms with van der Waals surface area (Å²) in [6.45, 7) is 3.14. The maximum atomic E-state index is 12.2. The highest BCUT2D eigenvalue weighted by Crippen LogP contribution is 2.46. The van der Waals surface area contributed by atoms with Crippen molar-refractivity contribution in [2.45, 2.75) is 30.5 Å². The summed E-state index contributed by atoms with van der Waals surface area (Å²) in [4.78, 5) is 0. The molecule has 0 aromatic rings. The highest BCUT2D eigenvalue weighted by atomic mass is 32.2. The molecule has 0 bridgehead atoms. The molecule has 0 heterocycles. The summed E-state index contributed by atoms with van der Waals surface area (Å²) < 4.78 is 35.5. The van der Waals surface area contributed by atoms with Crippen LogP contribution in [0, 0.1) is 0 Å². The minimum absolute atomic E-state index is 0.0463. The first-order valence-electron chi connectivity index (χ1n) is 4.07. The summed E-state index contributed by atoms with van der Waals surface area (Å²) in [6, 6.07) is 0. The molecule has 14 heavy (non-hydrogen) atoms. The van der Waals surface area contributed by atoms with Crippen molar-refractivity contribution in [3.05, 3.63) is 23.5 Å². The molecule has 0 saturated carbocycles. The molecule has 0 fully saturated rings. The van der Waals surface area contributed by atoms with Gasteiger partial charge in [0.1, 0.15) is 5.76 Å². The van der Waals surface area contributed by atoms with Gasteiger partial charge in [-0.2, -0.15) is 13.2 Å². The summed E-state index contributed by atoms with van der Waals surface area (Å²) in [6.07, 6.45) is 2.95. The minimum atomic E-state index is -4.24. The van der Waals surface area contributed by atoms with Gasteiger partial charge in [0.05, 0.1) is 0 Å². The van der Waals surface area contributed by atoms with Gasteiger partial charge < -0.3 is 5.11 Å². The largest absolute Gasteiger partial charge is 0.508 e. The van der Waals surface area contributed by atoms with Crippen LogP contribution in [0.4, 0.5) is 13.2 Å². The number of allylic oxidation sites excluding steroid dienone is 2. The lowest BCUT2D eigenvalue weighted by atomic mass is 9.95. The van der Waals surface area contributed by atoms with Crippen LogP contribution >= 0.6 is 11.8 Å². The summed E-state index contributed by atoms with van der Waals surface area (Å²) in [5.41, 5.74) is -3.65. The Hall–Kier alpha value is -0.580. The number of aliphatic hydroxyl groups is 1. The number of halogens is 3. The van der Waals surface area contributed by atoms with Crippen LogP contribution < -0.4 is 0 Å². The number of alkyl halides is 3. The quantitative estimate of drug-likeness (QED) is 0.731. The molecule has 1 rings (SSSR count). The first-order chi connectivity index (χ1) is 6.22. The van der Waals surface area contributed by atoms with E-state index in [1.807, 2.05) is 0 Å². The molecular weight excluding hydrogens is 213 g/mol. The summed E-state index contributed by atoms with van der Waals surface area (Å²) in [5.74, 6) is 0.0743. The second-order valence-electron chi connectivity index (χ2n) is 3.54. The molecule has 1 aliphatic rings. The molecule has 0 radical (unpaired) electrons. The average molecular weight is 224 g/mol. The van der Waals surface area contributed by atoms with Crippen LogP contribution in [0.3, 0.4) is 0 Å². The van der Waals surface area contributed by atoms with E-state index in [2.05, 4.69) is 0 Å². The van der Waals surface area contributed by atoms with Gasteiger partial charge in [0, 0.05) is 4.75 Å². The molecule has 0 spiro atoms. The van der Waals surface area contributed by atoms with Gasteiger partial charge in [0.2, 0.25) is 0 Å².